The van der Waals surface area contributed by atoms with E-state index in [-0.39, 0.29) is 17.3 Å². The van der Waals surface area contributed by atoms with E-state index in [1.807, 2.05) is 0 Å². The standard InChI is InChI=1S/C15H11FN2O3/c16-10-3-1-9(2-4-10)8-18-13-6-5-11(19)7-12(13)14(17-18)15(20)21/h1-7,19H,8H2,(H,20,21). The zero-order valence-electron chi connectivity index (χ0n) is 10.8. The summed E-state index contributed by atoms with van der Waals surface area (Å²) in [5.74, 6) is -1.52. The summed E-state index contributed by atoms with van der Waals surface area (Å²) in [7, 11) is 0. The molecule has 0 aliphatic heterocycles. The second-order valence-electron chi connectivity index (χ2n) is 4.64. The van der Waals surface area contributed by atoms with Crippen LogP contribution in [-0.2, 0) is 6.54 Å². The summed E-state index contributed by atoms with van der Waals surface area (Å²) in [5.41, 5.74) is 1.27. The molecule has 0 atom stereocenters. The van der Waals surface area contributed by atoms with Gasteiger partial charge < -0.3 is 10.2 Å². The van der Waals surface area contributed by atoms with E-state index in [0.717, 1.165) is 5.56 Å². The van der Waals surface area contributed by atoms with Gasteiger partial charge in [-0.3, -0.25) is 4.68 Å². The SMILES string of the molecule is O=C(O)c1nn(Cc2ccc(F)cc2)c2ccc(O)cc12. The minimum Gasteiger partial charge on any atom is -0.508 e. The third-order valence-corrected chi connectivity index (χ3v) is 3.18. The van der Waals surface area contributed by atoms with Crippen molar-refractivity contribution in [2.24, 2.45) is 0 Å². The van der Waals surface area contributed by atoms with Crippen LogP contribution in [0.4, 0.5) is 4.39 Å². The Morgan fingerprint density at radius 1 is 1.19 bits per heavy atom. The molecule has 3 aromatic rings. The lowest BCUT2D eigenvalue weighted by atomic mass is 10.2. The molecule has 0 unspecified atom stereocenters. The van der Waals surface area contributed by atoms with E-state index >= 15 is 0 Å². The van der Waals surface area contributed by atoms with Crippen molar-refractivity contribution in [2.75, 3.05) is 0 Å². The molecule has 1 heterocycles. The maximum Gasteiger partial charge on any atom is 0.357 e. The largest absolute Gasteiger partial charge is 0.508 e. The molecule has 0 fully saturated rings. The number of carboxylic acid groups (broad SMARTS) is 1. The van der Waals surface area contributed by atoms with Crippen molar-refractivity contribution in [1.82, 2.24) is 9.78 Å². The molecule has 106 valence electrons. The highest BCUT2D eigenvalue weighted by Gasteiger charge is 2.16. The third-order valence-electron chi connectivity index (χ3n) is 3.18. The van der Waals surface area contributed by atoms with Crippen molar-refractivity contribution < 1.29 is 19.4 Å². The molecule has 0 aliphatic rings. The van der Waals surface area contributed by atoms with Gasteiger partial charge in [0.15, 0.2) is 5.69 Å². The average molecular weight is 286 g/mol. The number of benzene rings is 2. The van der Waals surface area contributed by atoms with Gasteiger partial charge in [-0.05, 0) is 35.9 Å². The molecule has 0 radical (unpaired) electrons. The number of rotatable bonds is 3. The second kappa shape index (κ2) is 4.90. The summed E-state index contributed by atoms with van der Waals surface area (Å²) < 4.78 is 14.4. The Kier molecular flexibility index (Phi) is 3.06. The number of hydrogen-bond donors (Lipinski definition) is 2. The highest BCUT2D eigenvalue weighted by molar-refractivity contribution is 6.01. The smallest absolute Gasteiger partial charge is 0.357 e. The first-order valence-corrected chi connectivity index (χ1v) is 6.22. The molecule has 2 N–H and O–H groups in total. The summed E-state index contributed by atoms with van der Waals surface area (Å²) in [5, 5.41) is 23.1. The first-order valence-electron chi connectivity index (χ1n) is 6.22. The minimum absolute atomic E-state index is 0.0219. The number of carbonyl (C=O) groups is 1. The molecule has 0 amide bonds. The monoisotopic (exact) mass is 286 g/mol. The van der Waals surface area contributed by atoms with Gasteiger partial charge in [0.05, 0.1) is 12.1 Å². The molecule has 0 saturated carbocycles. The van der Waals surface area contributed by atoms with Crippen molar-refractivity contribution >= 4 is 16.9 Å². The van der Waals surface area contributed by atoms with Crippen LogP contribution < -0.4 is 0 Å². The Morgan fingerprint density at radius 3 is 2.57 bits per heavy atom. The predicted molar refractivity (Wildman–Crippen MR) is 73.9 cm³/mol. The van der Waals surface area contributed by atoms with Gasteiger partial charge in [0.25, 0.3) is 0 Å². The lowest BCUT2D eigenvalue weighted by Gasteiger charge is -2.04. The van der Waals surface area contributed by atoms with Crippen LogP contribution in [0.5, 0.6) is 5.75 Å². The fourth-order valence-corrected chi connectivity index (χ4v) is 2.21. The summed E-state index contributed by atoms with van der Waals surface area (Å²) in [6.45, 7) is 0.314. The molecule has 0 aliphatic carbocycles. The molecule has 0 bridgehead atoms. The van der Waals surface area contributed by atoms with Gasteiger partial charge in [-0.2, -0.15) is 5.10 Å². The average Bonchev–Trinajstić information content (AvgIpc) is 2.79. The van der Waals surface area contributed by atoms with Crippen LogP contribution in [0.1, 0.15) is 16.1 Å². The van der Waals surface area contributed by atoms with Crippen LogP contribution in [0.2, 0.25) is 0 Å². The Hall–Kier alpha value is -2.89. The van der Waals surface area contributed by atoms with Crippen LogP contribution in [0.15, 0.2) is 42.5 Å². The first kappa shape index (κ1) is 13.1. The molecular formula is C15H11FN2O3. The van der Waals surface area contributed by atoms with Gasteiger partial charge in [0.2, 0.25) is 0 Å². The van der Waals surface area contributed by atoms with Crippen molar-refractivity contribution in [3.63, 3.8) is 0 Å². The number of phenolic OH excluding ortho intramolecular Hbond substituents is 1. The van der Waals surface area contributed by atoms with Crippen molar-refractivity contribution in [3.05, 3.63) is 59.5 Å². The Labute approximate surface area is 118 Å². The third kappa shape index (κ3) is 2.43. The zero-order valence-corrected chi connectivity index (χ0v) is 10.8. The molecule has 21 heavy (non-hydrogen) atoms. The number of aromatic hydroxyl groups is 1. The highest BCUT2D eigenvalue weighted by atomic mass is 19.1. The summed E-state index contributed by atoms with van der Waals surface area (Å²) in [6, 6.07) is 10.3. The lowest BCUT2D eigenvalue weighted by molar-refractivity contribution is 0.0691. The van der Waals surface area contributed by atoms with Gasteiger partial charge in [0, 0.05) is 5.39 Å². The molecule has 6 heteroatoms. The number of aromatic carboxylic acids is 1. The molecule has 1 aromatic heterocycles. The van der Waals surface area contributed by atoms with Gasteiger partial charge >= 0.3 is 5.97 Å². The van der Waals surface area contributed by atoms with Crippen LogP contribution in [0.25, 0.3) is 10.9 Å². The zero-order chi connectivity index (χ0) is 15.0. The van der Waals surface area contributed by atoms with Crippen molar-refractivity contribution in [1.29, 1.82) is 0 Å². The van der Waals surface area contributed by atoms with E-state index in [9.17, 15) is 19.4 Å². The van der Waals surface area contributed by atoms with E-state index in [1.165, 1.54) is 28.9 Å². The number of phenols is 1. The summed E-state index contributed by atoms with van der Waals surface area (Å²) in [6.07, 6.45) is 0. The van der Waals surface area contributed by atoms with E-state index < -0.39 is 5.97 Å². The molecule has 5 nitrogen and oxygen atoms in total. The summed E-state index contributed by atoms with van der Waals surface area (Å²) in [4.78, 5) is 11.2. The van der Waals surface area contributed by atoms with E-state index in [2.05, 4.69) is 5.10 Å². The van der Waals surface area contributed by atoms with Gasteiger partial charge in [-0.1, -0.05) is 12.1 Å². The van der Waals surface area contributed by atoms with Crippen LogP contribution in [0.3, 0.4) is 0 Å². The Balaban J connectivity index is 2.10. The highest BCUT2D eigenvalue weighted by Crippen LogP contribution is 2.24. The quantitative estimate of drug-likeness (QED) is 0.776. The fourth-order valence-electron chi connectivity index (χ4n) is 2.21. The van der Waals surface area contributed by atoms with Gasteiger partial charge in [0.1, 0.15) is 11.6 Å². The van der Waals surface area contributed by atoms with Crippen LogP contribution >= 0.6 is 0 Å². The second-order valence-corrected chi connectivity index (χ2v) is 4.64. The van der Waals surface area contributed by atoms with Crippen LogP contribution in [-0.4, -0.2) is 26.0 Å². The number of halogens is 1. The summed E-state index contributed by atoms with van der Waals surface area (Å²) >= 11 is 0. The van der Waals surface area contributed by atoms with E-state index in [0.29, 0.717) is 17.4 Å². The van der Waals surface area contributed by atoms with Crippen molar-refractivity contribution in [2.45, 2.75) is 6.54 Å². The Morgan fingerprint density at radius 2 is 1.90 bits per heavy atom. The molecule has 0 saturated heterocycles. The van der Waals surface area contributed by atoms with Crippen molar-refractivity contribution in [3.8, 4) is 5.75 Å². The maximum atomic E-state index is 12.9. The van der Waals surface area contributed by atoms with Gasteiger partial charge in [-0.25, -0.2) is 9.18 Å². The normalized spacial score (nSPS) is 10.9. The molecule has 3 rings (SSSR count). The number of carboxylic acids is 1. The molecular weight excluding hydrogens is 275 g/mol. The van der Waals surface area contributed by atoms with E-state index in [1.54, 1.807) is 18.2 Å². The number of hydrogen-bond acceptors (Lipinski definition) is 3. The lowest BCUT2D eigenvalue weighted by Crippen LogP contribution is -2.04. The topological polar surface area (TPSA) is 75.3 Å². The number of aromatic nitrogens is 2. The van der Waals surface area contributed by atoms with Gasteiger partial charge in [-0.15, -0.1) is 0 Å². The van der Waals surface area contributed by atoms with E-state index in [4.69, 9.17) is 0 Å². The fraction of sp³-hybridized carbons (Fsp3) is 0.0667. The van der Waals surface area contributed by atoms with Crippen LogP contribution in [0, 0.1) is 5.82 Å². The molecule has 2 aromatic carbocycles. The minimum atomic E-state index is -1.16. The molecule has 0 spiro atoms. The number of nitrogens with zero attached hydrogens (tertiary/aromatic N) is 2. The Bertz CT molecular complexity index is 825. The number of fused-ring (bicyclic) bond motifs is 1. The predicted octanol–water partition coefficient (Wildman–Crippen LogP) is 2.63. The first-order chi connectivity index (χ1) is 10.0. The maximum absolute atomic E-state index is 12.9.